The summed E-state index contributed by atoms with van der Waals surface area (Å²) in [5.74, 6) is -0.492. The van der Waals surface area contributed by atoms with E-state index in [1.54, 1.807) is 4.90 Å². The Morgan fingerprint density at radius 2 is 2.18 bits per heavy atom. The number of likely N-dealkylation sites (tertiary alicyclic amines) is 1. The van der Waals surface area contributed by atoms with Crippen molar-refractivity contribution in [3.63, 3.8) is 0 Å². The van der Waals surface area contributed by atoms with Crippen LogP contribution in [0.2, 0.25) is 0 Å². The number of hydrogen-bond donors (Lipinski definition) is 1. The van der Waals surface area contributed by atoms with E-state index in [0.717, 1.165) is 17.8 Å². The number of aryl methyl sites for hydroxylation is 2. The van der Waals surface area contributed by atoms with E-state index in [4.69, 9.17) is 0 Å². The van der Waals surface area contributed by atoms with Crippen LogP contribution in [0, 0.1) is 13.8 Å². The highest BCUT2D eigenvalue weighted by Gasteiger charge is 2.33. The summed E-state index contributed by atoms with van der Waals surface area (Å²) in [6, 6.07) is 1.70. The highest BCUT2D eigenvalue weighted by molar-refractivity contribution is 6.03. The lowest BCUT2D eigenvalue weighted by Crippen LogP contribution is -2.40. The summed E-state index contributed by atoms with van der Waals surface area (Å²) in [5, 5.41) is 6.64. The number of urea groups is 1. The molecule has 0 saturated carbocycles. The third-order valence-electron chi connectivity index (χ3n) is 4.10. The molecule has 1 atom stereocenters. The second kappa shape index (κ2) is 5.43. The van der Waals surface area contributed by atoms with Gasteiger partial charge in [-0.1, -0.05) is 0 Å². The van der Waals surface area contributed by atoms with Gasteiger partial charge in [0.1, 0.15) is 13.1 Å². The zero-order chi connectivity index (χ0) is 15.9. The molecule has 0 bridgehead atoms. The molecule has 2 aliphatic heterocycles. The molecule has 2 fully saturated rings. The molecular formula is C14H19N5O3. The highest BCUT2D eigenvalue weighted by Crippen LogP contribution is 2.23. The molecule has 118 valence electrons. The lowest BCUT2D eigenvalue weighted by Gasteiger charge is -2.20. The number of rotatable bonds is 3. The first-order valence-corrected chi connectivity index (χ1v) is 7.33. The number of aromatic nitrogens is 2. The monoisotopic (exact) mass is 305 g/mol. The van der Waals surface area contributed by atoms with Gasteiger partial charge in [0.15, 0.2) is 0 Å². The summed E-state index contributed by atoms with van der Waals surface area (Å²) in [5.41, 5.74) is 2.05. The molecule has 8 heteroatoms. The van der Waals surface area contributed by atoms with Crippen molar-refractivity contribution in [2.24, 2.45) is 0 Å². The largest absolute Gasteiger partial charge is 0.339 e. The Bertz CT molecular complexity index is 638. The third-order valence-corrected chi connectivity index (χ3v) is 4.10. The van der Waals surface area contributed by atoms with Crippen molar-refractivity contribution in [3.05, 3.63) is 17.5 Å². The zero-order valence-corrected chi connectivity index (χ0v) is 12.7. The summed E-state index contributed by atoms with van der Waals surface area (Å²) >= 11 is 0. The summed E-state index contributed by atoms with van der Waals surface area (Å²) in [6.07, 6.45) is 0.846. The molecule has 1 N–H and O–H groups in total. The van der Waals surface area contributed by atoms with Gasteiger partial charge in [-0.25, -0.2) is 4.79 Å². The minimum atomic E-state index is -0.493. The maximum Gasteiger partial charge on any atom is 0.325 e. The summed E-state index contributed by atoms with van der Waals surface area (Å²) in [7, 11) is 0. The van der Waals surface area contributed by atoms with Gasteiger partial charge in [-0.15, -0.1) is 0 Å². The fourth-order valence-corrected chi connectivity index (χ4v) is 3.06. The van der Waals surface area contributed by atoms with Gasteiger partial charge in [0.05, 0.1) is 11.7 Å². The summed E-state index contributed by atoms with van der Waals surface area (Å²) in [4.78, 5) is 37.9. The van der Waals surface area contributed by atoms with Crippen molar-refractivity contribution in [1.82, 2.24) is 24.9 Å². The normalized spacial score (nSPS) is 21.6. The zero-order valence-electron chi connectivity index (χ0n) is 12.7. The van der Waals surface area contributed by atoms with Crippen LogP contribution in [0.15, 0.2) is 6.07 Å². The minimum absolute atomic E-state index is 0.0424. The van der Waals surface area contributed by atoms with Crippen LogP contribution in [0.5, 0.6) is 0 Å². The maximum atomic E-state index is 12.3. The topological polar surface area (TPSA) is 87.5 Å². The SMILES string of the molecule is Cc1cc(C)n(C2CCN(C(=O)CN3CC(=O)NC3=O)C2)n1. The highest BCUT2D eigenvalue weighted by atomic mass is 16.2. The first-order valence-electron chi connectivity index (χ1n) is 7.33. The molecule has 1 unspecified atom stereocenters. The van der Waals surface area contributed by atoms with E-state index in [0.29, 0.717) is 13.1 Å². The molecule has 1 aromatic rings. The molecule has 0 radical (unpaired) electrons. The van der Waals surface area contributed by atoms with E-state index in [1.165, 1.54) is 4.90 Å². The second-order valence-corrected chi connectivity index (χ2v) is 5.86. The van der Waals surface area contributed by atoms with Crippen LogP contribution < -0.4 is 5.32 Å². The van der Waals surface area contributed by atoms with Crippen LogP contribution in [-0.2, 0) is 9.59 Å². The van der Waals surface area contributed by atoms with E-state index < -0.39 is 6.03 Å². The van der Waals surface area contributed by atoms with E-state index in [1.807, 2.05) is 24.6 Å². The van der Waals surface area contributed by atoms with E-state index in [-0.39, 0.29) is 30.9 Å². The number of carbonyl (C=O) groups is 3. The molecule has 22 heavy (non-hydrogen) atoms. The quantitative estimate of drug-likeness (QED) is 0.785. The number of nitrogens with zero attached hydrogens (tertiary/aromatic N) is 4. The van der Waals surface area contributed by atoms with Crippen molar-refractivity contribution in [2.75, 3.05) is 26.2 Å². The molecule has 8 nitrogen and oxygen atoms in total. The first kappa shape index (κ1) is 14.6. The van der Waals surface area contributed by atoms with Gasteiger partial charge < -0.3 is 9.80 Å². The predicted octanol–water partition coefficient (Wildman–Crippen LogP) is -0.175. The van der Waals surface area contributed by atoms with Gasteiger partial charge in [0, 0.05) is 18.8 Å². The van der Waals surface area contributed by atoms with Gasteiger partial charge in [0.25, 0.3) is 0 Å². The van der Waals surface area contributed by atoms with Crippen molar-refractivity contribution in [1.29, 1.82) is 0 Å². The van der Waals surface area contributed by atoms with Crippen LogP contribution in [0.3, 0.4) is 0 Å². The molecule has 3 heterocycles. The number of imide groups is 1. The second-order valence-electron chi connectivity index (χ2n) is 5.86. The van der Waals surface area contributed by atoms with Gasteiger partial charge in [-0.05, 0) is 26.3 Å². The van der Waals surface area contributed by atoms with Gasteiger partial charge >= 0.3 is 6.03 Å². The Labute approximate surface area is 128 Å². The van der Waals surface area contributed by atoms with Crippen LogP contribution in [-0.4, -0.2) is 63.6 Å². The van der Waals surface area contributed by atoms with Crippen molar-refractivity contribution in [3.8, 4) is 0 Å². The fraction of sp³-hybridized carbons (Fsp3) is 0.571. The van der Waals surface area contributed by atoms with E-state index >= 15 is 0 Å². The van der Waals surface area contributed by atoms with Gasteiger partial charge in [0.2, 0.25) is 11.8 Å². The summed E-state index contributed by atoms with van der Waals surface area (Å²) < 4.78 is 1.97. The Morgan fingerprint density at radius 1 is 1.41 bits per heavy atom. The maximum absolute atomic E-state index is 12.3. The number of carbonyl (C=O) groups excluding carboxylic acids is 3. The number of nitrogens with one attached hydrogen (secondary N) is 1. The molecule has 0 aromatic carbocycles. The Morgan fingerprint density at radius 3 is 2.77 bits per heavy atom. The number of amides is 4. The molecule has 0 spiro atoms. The van der Waals surface area contributed by atoms with Crippen molar-refractivity contribution < 1.29 is 14.4 Å². The van der Waals surface area contributed by atoms with E-state index in [2.05, 4.69) is 10.4 Å². The molecule has 2 saturated heterocycles. The molecule has 0 aliphatic carbocycles. The lowest BCUT2D eigenvalue weighted by atomic mass is 10.2. The third kappa shape index (κ3) is 2.68. The van der Waals surface area contributed by atoms with Gasteiger partial charge in [-0.2, -0.15) is 5.10 Å². The van der Waals surface area contributed by atoms with Crippen LogP contribution in [0.4, 0.5) is 4.79 Å². The predicted molar refractivity (Wildman–Crippen MR) is 77.0 cm³/mol. The molecule has 3 rings (SSSR count). The fourth-order valence-electron chi connectivity index (χ4n) is 3.06. The van der Waals surface area contributed by atoms with Crippen LogP contribution in [0.1, 0.15) is 23.9 Å². The smallest absolute Gasteiger partial charge is 0.325 e. The Hall–Kier alpha value is -2.38. The summed E-state index contributed by atoms with van der Waals surface area (Å²) in [6.45, 7) is 5.09. The Kier molecular flexibility index (Phi) is 3.59. The molecular weight excluding hydrogens is 286 g/mol. The van der Waals surface area contributed by atoms with E-state index in [9.17, 15) is 14.4 Å². The van der Waals surface area contributed by atoms with Gasteiger partial charge in [-0.3, -0.25) is 19.6 Å². The standard InChI is InChI=1S/C14H19N5O3/c1-9-5-10(2)19(16-9)11-3-4-17(6-11)13(21)8-18-7-12(20)15-14(18)22/h5,11H,3-4,6-8H2,1-2H3,(H,15,20,22). The molecule has 4 amide bonds. The average Bonchev–Trinajstić information content (AvgIpc) is 3.10. The van der Waals surface area contributed by atoms with Crippen molar-refractivity contribution in [2.45, 2.75) is 26.3 Å². The minimum Gasteiger partial charge on any atom is -0.339 e. The van der Waals surface area contributed by atoms with Crippen LogP contribution >= 0.6 is 0 Å². The number of hydrogen-bond acceptors (Lipinski definition) is 4. The van der Waals surface area contributed by atoms with Crippen LogP contribution in [0.25, 0.3) is 0 Å². The van der Waals surface area contributed by atoms with Crippen molar-refractivity contribution >= 4 is 17.8 Å². The molecule has 1 aromatic heterocycles. The first-order chi connectivity index (χ1) is 10.4. The lowest BCUT2D eigenvalue weighted by molar-refractivity contribution is -0.130. The Balaban J connectivity index is 1.60. The molecule has 2 aliphatic rings. The average molecular weight is 305 g/mol.